The number of fused-ring (bicyclic) bond motifs is 1. The van der Waals surface area contributed by atoms with Gasteiger partial charge < -0.3 is 9.84 Å². The Morgan fingerprint density at radius 2 is 2.05 bits per heavy atom. The summed E-state index contributed by atoms with van der Waals surface area (Å²) in [6.07, 6.45) is 6.05. The number of aliphatic hydroxyl groups is 1. The topological polar surface area (TPSA) is 32.7 Å². The van der Waals surface area contributed by atoms with Crippen LogP contribution in [-0.2, 0) is 0 Å². The van der Waals surface area contributed by atoms with E-state index in [1.807, 2.05) is 6.07 Å². The van der Waals surface area contributed by atoms with Crippen LogP contribution in [-0.4, -0.2) is 42.4 Å². The molecule has 1 saturated heterocycles. The first kappa shape index (κ1) is 13.9. The summed E-state index contributed by atoms with van der Waals surface area (Å²) in [7, 11) is 0. The molecule has 2 aliphatic heterocycles. The maximum Gasteiger partial charge on any atom is 0.122 e. The Bertz CT molecular complexity index is 435. The molecule has 1 aromatic carbocycles. The van der Waals surface area contributed by atoms with Gasteiger partial charge in [0.25, 0.3) is 0 Å². The lowest BCUT2D eigenvalue weighted by molar-refractivity contribution is 0.111. The molecule has 0 aliphatic carbocycles. The van der Waals surface area contributed by atoms with Crippen LogP contribution in [0.15, 0.2) is 24.3 Å². The van der Waals surface area contributed by atoms with E-state index in [0.29, 0.717) is 18.6 Å². The van der Waals surface area contributed by atoms with Gasteiger partial charge in [0.2, 0.25) is 0 Å². The average molecular weight is 275 g/mol. The van der Waals surface area contributed by atoms with Gasteiger partial charge in [-0.3, -0.25) is 4.90 Å². The molecule has 0 aromatic heterocycles. The third kappa shape index (κ3) is 2.99. The fraction of sp³-hybridized carbons (Fsp3) is 0.647. The molecule has 0 amide bonds. The quantitative estimate of drug-likeness (QED) is 0.920. The van der Waals surface area contributed by atoms with Gasteiger partial charge in [0.05, 0.1) is 13.2 Å². The number of ether oxygens (including phenoxy) is 1. The van der Waals surface area contributed by atoms with Crippen molar-refractivity contribution in [2.24, 2.45) is 0 Å². The van der Waals surface area contributed by atoms with Crippen molar-refractivity contribution in [2.45, 2.75) is 44.1 Å². The van der Waals surface area contributed by atoms with Gasteiger partial charge in [-0.2, -0.15) is 0 Å². The largest absolute Gasteiger partial charge is 0.493 e. The highest BCUT2D eigenvalue weighted by atomic mass is 16.5. The number of rotatable bonds is 3. The highest BCUT2D eigenvalue weighted by Crippen LogP contribution is 2.34. The van der Waals surface area contributed by atoms with Crippen molar-refractivity contribution in [2.75, 3.05) is 26.3 Å². The molecule has 2 unspecified atom stereocenters. The fourth-order valence-electron chi connectivity index (χ4n) is 3.57. The first-order valence-corrected chi connectivity index (χ1v) is 7.95. The molecule has 0 spiro atoms. The third-order valence-electron chi connectivity index (χ3n) is 4.75. The predicted molar refractivity (Wildman–Crippen MR) is 80.2 cm³/mol. The lowest BCUT2D eigenvalue weighted by Gasteiger charge is -2.34. The second-order valence-electron chi connectivity index (χ2n) is 6.05. The van der Waals surface area contributed by atoms with E-state index in [4.69, 9.17) is 4.74 Å². The molecule has 0 bridgehead atoms. The molecule has 3 rings (SSSR count). The molecule has 0 saturated carbocycles. The predicted octanol–water partition coefficient (Wildman–Crippen LogP) is 2.79. The highest BCUT2D eigenvalue weighted by molar-refractivity contribution is 5.37. The van der Waals surface area contributed by atoms with Gasteiger partial charge in [-0.05, 0) is 37.4 Å². The van der Waals surface area contributed by atoms with Crippen molar-refractivity contribution in [3.63, 3.8) is 0 Å². The SMILES string of the molecule is OCC1CCCCCN1CC1CCOc2ccccc21. The van der Waals surface area contributed by atoms with Crippen LogP contribution in [0.5, 0.6) is 5.75 Å². The van der Waals surface area contributed by atoms with E-state index < -0.39 is 0 Å². The van der Waals surface area contributed by atoms with Crippen LogP contribution in [0.3, 0.4) is 0 Å². The van der Waals surface area contributed by atoms with Gasteiger partial charge in [-0.1, -0.05) is 31.0 Å². The summed E-state index contributed by atoms with van der Waals surface area (Å²) in [5, 5.41) is 9.64. The van der Waals surface area contributed by atoms with Crippen LogP contribution in [0.25, 0.3) is 0 Å². The minimum absolute atomic E-state index is 0.296. The highest BCUT2D eigenvalue weighted by Gasteiger charge is 2.27. The summed E-state index contributed by atoms with van der Waals surface area (Å²) < 4.78 is 5.75. The summed E-state index contributed by atoms with van der Waals surface area (Å²) in [5.74, 6) is 1.60. The molecular weight excluding hydrogens is 250 g/mol. The zero-order chi connectivity index (χ0) is 13.8. The monoisotopic (exact) mass is 275 g/mol. The standard InChI is InChI=1S/C17H25NO2/c19-13-15-6-2-1-5-10-18(15)12-14-9-11-20-17-8-4-3-7-16(14)17/h3-4,7-8,14-15,19H,1-2,5-6,9-13H2. The molecule has 1 fully saturated rings. The van der Waals surface area contributed by atoms with E-state index in [0.717, 1.165) is 38.3 Å². The van der Waals surface area contributed by atoms with Gasteiger partial charge in [0.1, 0.15) is 5.75 Å². The molecule has 3 nitrogen and oxygen atoms in total. The summed E-state index contributed by atoms with van der Waals surface area (Å²) in [6.45, 7) is 3.31. The number of hydrogen-bond acceptors (Lipinski definition) is 3. The van der Waals surface area contributed by atoms with Gasteiger partial charge in [0.15, 0.2) is 0 Å². The lowest BCUT2D eigenvalue weighted by atomic mass is 9.92. The smallest absolute Gasteiger partial charge is 0.122 e. The Hall–Kier alpha value is -1.06. The van der Waals surface area contributed by atoms with Crippen LogP contribution < -0.4 is 4.74 Å². The average Bonchev–Trinajstić information content (AvgIpc) is 2.72. The van der Waals surface area contributed by atoms with Crippen molar-refractivity contribution in [3.8, 4) is 5.75 Å². The van der Waals surface area contributed by atoms with E-state index in [-0.39, 0.29) is 0 Å². The molecule has 1 aromatic rings. The Morgan fingerprint density at radius 3 is 2.95 bits per heavy atom. The van der Waals surface area contributed by atoms with E-state index in [2.05, 4.69) is 23.1 Å². The molecule has 20 heavy (non-hydrogen) atoms. The normalized spacial score (nSPS) is 27.4. The van der Waals surface area contributed by atoms with Crippen molar-refractivity contribution in [1.82, 2.24) is 4.90 Å². The maximum absolute atomic E-state index is 9.64. The van der Waals surface area contributed by atoms with E-state index >= 15 is 0 Å². The Morgan fingerprint density at radius 1 is 1.15 bits per heavy atom. The van der Waals surface area contributed by atoms with Crippen molar-refractivity contribution < 1.29 is 9.84 Å². The number of hydrogen-bond donors (Lipinski definition) is 1. The molecule has 2 atom stereocenters. The van der Waals surface area contributed by atoms with E-state index in [1.54, 1.807) is 0 Å². The van der Waals surface area contributed by atoms with Crippen LogP contribution >= 0.6 is 0 Å². The van der Waals surface area contributed by atoms with Crippen molar-refractivity contribution >= 4 is 0 Å². The summed E-state index contributed by atoms with van der Waals surface area (Å²) >= 11 is 0. The molecule has 0 radical (unpaired) electrons. The zero-order valence-electron chi connectivity index (χ0n) is 12.1. The van der Waals surface area contributed by atoms with Crippen LogP contribution in [0.4, 0.5) is 0 Å². The van der Waals surface area contributed by atoms with E-state index in [9.17, 15) is 5.11 Å². The van der Waals surface area contributed by atoms with Gasteiger partial charge in [0, 0.05) is 18.5 Å². The number of aliphatic hydroxyl groups excluding tert-OH is 1. The van der Waals surface area contributed by atoms with Gasteiger partial charge in [-0.15, -0.1) is 0 Å². The Balaban J connectivity index is 1.73. The zero-order valence-corrected chi connectivity index (χ0v) is 12.1. The van der Waals surface area contributed by atoms with E-state index in [1.165, 1.54) is 24.8 Å². The number of likely N-dealkylation sites (tertiary alicyclic amines) is 1. The second kappa shape index (κ2) is 6.59. The lowest BCUT2D eigenvalue weighted by Crippen LogP contribution is -2.40. The van der Waals surface area contributed by atoms with Crippen LogP contribution in [0.2, 0.25) is 0 Å². The first-order chi connectivity index (χ1) is 9.88. The van der Waals surface area contributed by atoms with Crippen molar-refractivity contribution in [1.29, 1.82) is 0 Å². The van der Waals surface area contributed by atoms with Crippen LogP contribution in [0, 0.1) is 0 Å². The van der Waals surface area contributed by atoms with Crippen molar-refractivity contribution in [3.05, 3.63) is 29.8 Å². The second-order valence-corrected chi connectivity index (χ2v) is 6.05. The first-order valence-electron chi connectivity index (χ1n) is 7.95. The number of nitrogens with zero attached hydrogens (tertiary/aromatic N) is 1. The summed E-state index contributed by atoms with van der Waals surface area (Å²) in [6, 6.07) is 8.78. The molecule has 110 valence electrons. The summed E-state index contributed by atoms with van der Waals surface area (Å²) in [5.41, 5.74) is 1.35. The number of para-hydroxylation sites is 1. The maximum atomic E-state index is 9.64. The fourth-order valence-corrected chi connectivity index (χ4v) is 3.57. The van der Waals surface area contributed by atoms with Gasteiger partial charge in [-0.25, -0.2) is 0 Å². The molecule has 3 heteroatoms. The third-order valence-corrected chi connectivity index (χ3v) is 4.75. The Labute approximate surface area is 121 Å². The van der Waals surface area contributed by atoms with Gasteiger partial charge >= 0.3 is 0 Å². The molecule has 1 N–H and O–H groups in total. The minimum Gasteiger partial charge on any atom is -0.493 e. The summed E-state index contributed by atoms with van der Waals surface area (Å²) in [4.78, 5) is 2.51. The molecule has 2 aliphatic rings. The molecular formula is C17H25NO2. The Kier molecular flexibility index (Phi) is 4.58. The van der Waals surface area contributed by atoms with Crippen LogP contribution in [0.1, 0.15) is 43.6 Å². The minimum atomic E-state index is 0.296. The number of benzene rings is 1. The molecule has 2 heterocycles.